The third kappa shape index (κ3) is 3.26. The van der Waals surface area contributed by atoms with E-state index in [9.17, 15) is 4.79 Å². The normalized spacial score (nSPS) is 10.3. The lowest BCUT2D eigenvalue weighted by atomic mass is 10.2. The first-order chi connectivity index (χ1) is 10.2. The van der Waals surface area contributed by atoms with Crippen molar-refractivity contribution >= 4 is 34.0 Å². The fraction of sp³-hybridized carbons (Fsp3) is 0. The summed E-state index contributed by atoms with van der Waals surface area (Å²) in [6, 6.07) is 16.4. The van der Waals surface area contributed by atoms with Gasteiger partial charge in [0.2, 0.25) is 5.13 Å². The first kappa shape index (κ1) is 13.7. The van der Waals surface area contributed by atoms with E-state index in [1.54, 1.807) is 24.3 Å². The number of halogens is 1. The number of amides is 1. The highest BCUT2D eigenvalue weighted by atomic mass is 35.5. The van der Waals surface area contributed by atoms with Crippen LogP contribution in [0.1, 0.15) is 10.4 Å². The second kappa shape index (κ2) is 6.03. The second-order valence-corrected chi connectivity index (χ2v) is 5.66. The summed E-state index contributed by atoms with van der Waals surface area (Å²) in [5, 5.41) is 12.5. The van der Waals surface area contributed by atoms with Crippen molar-refractivity contribution in [2.45, 2.75) is 0 Å². The predicted molar refractivity (Wildman–Crippen MR) is 84.8 cm³/mol. The number of hydrogen-bond acceptors (Lipinski definition) is 4. The van der Waals surface area contributed by atoms with Crippen LogP contribution in [0.2, 0.25) is 5.02 Å². The summed E-state index contributed by atoms with van der Waals surface area (Å²) in [6.07, 6.45) is 0. The smallest absolute Gasteiger partial charge is 0.257 e. The number of nitrogens with one attached hydrogen (secondary N) is 1. The quantitative estimate of drug-likeness (QED) is 0.791. The minimum Gasteiger partial charge on any atom is -0.296 e. The zero-order valence-electron chi connectivity index (χ0n) is 10.8. The maximum absolute atomic E-state index is 12.1. The Morgan fingerprint density at radius 3 is 2.62 bits per heavy atom. The standard InChI is InChI=1S/C15H10ClN3OS/c16-12-8-4-7-11(9-12)13(20)17-15-19-18-14(21-15)10-5-2-1-3-6-10/h1-9H,(H,17,19,20). The van der Waals surface area contributed by atoms with E-state index in [4.69, 9.17) is 11.6 Å². The number of carbonyl (C=O) groups excluding carboxylic acids is 1. The molecule has 1 amide bonds. The highest BCUT2D eigenvalue weighted by molar-refractivity contribution is 7.18. The molecule has 0 saturated heterocycles. The van der Waals surface area contributed by atoms with Crippen LogP contribution in [-0.2, 0) is 0 Å². The number of hydrogen-bond donors (Lipinski definition) is 1. The van der Waals surface area contributed by atoms with Gasteiger partial charge < -0.3 is 0 Å². The van der Waals surface area contributed by atoms with Gasteiger partial charge in [0.05, 0.1) is 0 Å². The molecule has 1 N–H and O–H groups in total. The lowest BCUT2D eigenvalue weighted by Gasteiger charge is -2.01. The Balaban J connectivity index is 1.77. The number of anilines is 1. The van der Waals surface area contributed by atoms with Crippen LogP contribution in [0.3, 0.4) is 0 Å². The molecule has 0 saturated carbocycles. The molecule has 0 unspecified atom stereocenters. The molecule has 4 nitrogen and oxygen atoms in total. The Hall–Kier alpha value is -2.24. The Kier molecular flexibility index (Phi) is 3.94. The Morgan fingerprint density at radius 2 is 1.86 bits per heavy atom. The zero-order chi connectivity index (χ0) is 14.7. The monoisotopic (exact) mass is 315 g/mol. The summed E-state index contributed by atoms with van der Waals surface area (Å²) in [6.45, 7) is 0. The van der Waals surface area contributed by atoms with E-state index in [1.165, 1.54) is 11.3 Å². The molecule has 0 aliphatic rings. The molecule has 0 bridgehead atoms. The van der Waals surface area contributed by atoms with E-state index >= 15 is 0 Å². The van der Waals surface area contributed by atoms with Crippen LogP contribution in [0, 0.1) is 0 Å². The number of carbonyl (C=O) groups is 1. The number of nitrogens with zero attached hydrogens (tertiary/aromatic N) is 2. The zero-order valence-corrected chi connectivity index (χ0v) is 12.4. The molecule has 2 aromatic carbocycles. The lowest BCUT2D eigenvalue weighted by Crippen LogP contribution is -2.11. The van der Waals surface area contributed by atoms with Gasteiger partial charge in [0.1, 0.15) is 5.01 Å². The van der Waals surface area contributed by atoms with Crippen molar-refractivity contribution in [1.82, 2.24) is 10.2 Å². The third-order valence-electron chi connectivity index (χ3n) is 2.75. The van der Waals surface area contributed by atoms with Crippen molar-refractivity contribution in [1.29, 1.82) is 0 Å². The van der Waals surface area contributed by atoms with E-state index in [-0.39, 0.29) is 5.91 Å². The fourth-order valence-corrected chi connectivity index (χ4v) is 2.70. The molecule has 0 fully saturated rings. The van der Waals surface area contributed by atoms with E-state index in [2.05, 4.69) is 15.5 Å². The van der Waals surface area contributed by atoms with Crippen molar-refractivity contribution in [2.24, 2.45) is 0 Å². The summed E-state index contributed by atoms with van der Waals surface area (Å²) in [5.41, 5.74) is 1.46. The Bertz CT molecular complexity index is 773. The highest BCUT2D eigenvalue weighted by Gasteiger charge is 2.11. The maximum atomic E-state index is 12.1. The van der Waals surface area contributed by atoms with Gasteiger partial charge in [-0.2, -0.15) is 0 Å². The molecule has 0 radical (unpaired) electrons. The summed E-state index contributed by atoms with van der Waals surface area (Å²) in [5.74, 6) is -0.256. The van der Waals surface area contributed by atoms with E-state index in [0.717, 1.165) is 10.6 Å². The topological polar surface area (TPSA) is 54.9 Å². The van der Waals surface area contributed by atoms with Crippen LogP contribution in [0.4, 0.5) is 5.13 Å². The van der Waals surface area contributed by atoms with Gasteiger partial charge in [0, 0.05) is 16.1 Å². The van der Waals surface area contributed by atoms with Crippen molar-refractivity contribution < 1.29 is 4.79 Å². The number of aromatic nitrogens is 2. The van der Waals surface area contributed by atoms with Crippen molar-refractivity contribution in [2.75, 3.05) is 5.32 Å². The van der Waals surface area contributed by atoms with Crippen LogP contribution in [0.25, 0.3) is 10.6 Å². The van der Waals surface area contributed by atoms with Crippen LogP contribution in [0.5, 0.6) is 0 Å². The highest BCUT2D eigenvalue weighted by Crippen LogP contribution is 2.26. The third-order valence-corrected chi connectivity index (χ3v) is 3.88. The minimum atomic E-state index is -0.256. The Morgan fingerprint density at radius 1 is 1.05 bits per heavy atom. The molecule has 0 spiro atoms. The molecule has 1 aromatic heterocycles. The van der Waals surface area contributed by atoms with Gasteiger partial charge in [-0.1, -0.05) is 59.3 Å². The van der Waals surface area contributed by atoms with Gasteiger partial charge in [-0.05, 0) is 18.2 Å². The number of benzene rings is 2. The van der Waals surface area contributed by atoms with Crippen molar-refractivity contribution in [3.8, 4) is 10.6 Å². The van der Waals surface area contributed by atoms with Gasteiger partial charge >= 0.3 is 0 Å². The maximum Gasteiger partial charge on any atom is 0.257 e. The summed E-state index contributed by atoms with van der Waals surface area (Å²) >= 11 is 7.20. The van der Waals surface area contributed by atoms with Crippen molar-refractivity contribution in [3.63, 3.8) is 0 Å². The van der Waals surface area contributed by atoms with E-state index in [0.29, 0.717) is 15.7 Å². The van der Waals surface area contributed by atoms with Gasteiger partial charge in [-0.15, -0.1) is 10.2 Å². The molecule has 0 aliphatic heterocycles. The summed E-state index contributed by atoms with van der Waals surface area (Å²) in [7, 11) is 0. The molecule has 21 heavy (non-hydrogen) atoms. The van der Waals surface area contributed by atoms with Crippen LogP contribution in [-0.4, -0.2) is 16.1 Å². The fourth-order valence-electron chi connectivity index (χ4n) is 1.77. The van der Waals surface area contributed by atoms with E-state index in [1.807, 2.05) is 30.3 Å². The molecular weight excluding hydrogens is 306 g/mol. The molecule has 3 rings (SSSR count). The SMILES string of the molecule is O=C(Nc1nnc(-c2ccccc2)s1)c1cccc(Cl)c1. The first-order valence-corrected chi connectivity index (χ1v) is 7.38. The molecule has 0 atom stereocenters. The lowest BCUT2D eigenvalue weighted by molar-refractivity contribution is 0.102. The average molecular weight is 316 g/mol. The van der Waals surface area contributed by atoms with E-state index < -0.39 is 0 Å². The van der Waals surface area contributed by atoms with Crippen LogP contribution in [0.15, 0.2) is 54.6 Å². The van der Waals surface area contributed by atoms with Crippen LogP contribution >= 0.6 is 22.9 Å². The average Bonchev–Trinajstić information content (AvgIpc) is 2.97. The summed E-state index contributed by atoms with van der Waals surface area (Å²) < 4.78 is 0. The van der Waals surface area contributed by atoms with Gasteiger partial charge in [-0.25, -0.2) is 0 Å². The molecule has 104 valence electrons. The minimum absolute atomic E-state index is 0.256. The van der Waals surface area contributed by atoms with Gasteiger partial charge in [0.25, 0.3) is 5.91 Å². The molecule has 6 heteroatoms. The van der Waals surface area contributed by atoms with Gasteiger partial charge in [0.15, 0.2) is 0 Å². The molecule has 1 heterocycles. The Labute approximate surface area is 130 Å². The van der Waals surface area contributed by atoms with Crippen molar-refractivity contribution in [3.05, 3.63) is 65.2 Å². The second-order valence-electron chi connectivity index (χ2n) is 4.24. The van der Waals surface area contributed by atoms with Crippen LogP contribution < -0.4 is 5.32 Å². The molecule has 0 aliphatic carbocycles. The predicted octanol–water partition coefficient (Wildman–Crippen LogP) is 4.11. The molecule has 3 aromatic rings. The number of rotatable bonds is 3. The molecular formula is C15H10ClN3OS. The first-order valence-electron chi connectivity index (χ1n) is 6.18. The summed E-state index contributed by atoms with van der Waals surface area (Å²) in [4.78, 5) is 12.1. The van der Waals surface area contributed by atoms with Gasteiger partial charge in [-0.3, -0.25) is 10.1 Å². The largest absolute Gasteiger partial charge is 0.296 e.